The van der Waals surface area contributed by atoms with Crippen molar-refractivity contribution in [2.75, 3.05) is 19.6 Å². The molecule has 5 nitrogen and oxygen atoms in total. The number of rotatable bonds is 7. The Hall–Kier alpha value is -2.92. The van der Waals surface area contributed by atoms with Gasteiger partial charge in [-0.3, -0.25) is 0 Å². The van der Waals surface area contributed by atoms with E-state index in [1.165, 1.54) is 22.3 Å². The Morgan fingerprint density at radius 3 is 2.07 bits per heavy atom. The molecule has 3 rings (SSSR count). The molecule has 5 heteroatoms. The summed E-state index contributed by atoms with van der Waals surface area (Å²) in [4.78, 5) is 20.7. The predicted octanol–water partition coefficient (Wildman–Crippen LogP) is 4.30. The molecule has 2 aromatic carbocycles. The van der Waals surface area contributed by atoms with Gasteiger partial charge in [0.25, 0.3) is 0 Å². The summed E-state index contributed by atoms with van der Waals surface area (Å²) in [6.07, 6.45) is 4.78. The molecule has 0 aromatic heterocycles. The molecule has 1 atom stereocenters. The van der Waals surface area contributed by atoms with Gasteiger partial charge in [0.15, 0.2) is 0 Å². The second kappa shape index (κ2) is 11.2. The van der Waals surface area contributed by atoms with E-state index in [1.54, 1.807) is 0 Å². The Kier molecular flexibility index (Phi) is 8.62. The van der Waals surface area contributed by atoms with Gasteiger partial charge in [-0.1, -0.05) is 74.5 Å². The maximum atomic E-state index is 9.10. The van der Waals surface area contributed by atoms with Gasteiger partial charge in [-0.25, -0.2) is 9.59 Å². The van der Waals surface area contributed by atoms with E-state index in [0.29, 0.717) is 5.92 Å². The van der Waals surface area contributed by atoms with E-state index < -0.39 is 11.9 Å². The number of hydrogen-bond donors (Lipinski definition) is 2. The monoisotopic (exact) mass is 395 g/mol. The first-order valence-electron chi connectivity index (χ1n) is 9.98. The molecule has 2 aromatic rings. The summed E-state index contributed by atoms with van der Waals surface area (Å²) >= 11 is 0. The normalized spacial score (nSPS) is 14.6. The maximum Gasteiger partial charge on any atom is 0.414 e. The van der Waals surface area contributed by atoms with Crippen molar-refractivity contribution in [3.8, 4) is 0 Å². The van der Waals surface area contributed by atoms with Gasteiger partial charge < -0.3 is 15.1 Å². The van der Waals surface area contributed by atoms with Crippen LogP contribution in [0.4, 0.5) is 0 Å². The van der Waals surface area contributed by atoms with E-state index in [0.717, 1.165) is 32.5 Å². The zero-order valence-corrected chi connectivity index (χ0v) is 17.0. The quantitative estimate of drug-likeness (QED) is 0.684. The lowest BCUT2D eigenvalue weighted by Gasteiger charge is -2.18. The fraction of sp³-hybridized carbons (Fsp3) is 0.333. The zero-order chi connectivity index (χ0) is 21.2. The van der Waals surface area contributed by atoms with Gasteiger partial charge in [0.2, 0.25) is 0 Å². The summed E-state index contributed by atoms with van der Waals surface area (Å²) in [5.41, 5.74) is 5.94. The SMILES string of the molecule is CCN(CC)CCC1=CC(Cc2ccccc2)c2ccccc21.O=C(O)C(=O)O. The van der Waals surface area contributed by atoms with Gasteiger partial charge >= 0.3 is 11.9 Å². The van der Waals surface area contributed by atoms with Crippen LogP contribution in [0, 0.1) is 0 Å². The highest BCUT2D eigenvalue weighted by Gasteiger charge is 2.23. The lowest BCUT2D eigenvalue weighted by atomic mass is 9.94. The number of carbonyl (C=O) groups is 2. The van der Waals surface area contributed by atoms with Crippen molar-refractivity contribution in [2.24, 2.45) is 0 Å². The van der Waals surface area contributed by atoms with Crippen LogP contribution in [0.2, 0.25) is 0 Å². The summed E-state index contributed by atoms with van der Waals surface area (Å²) in [5.74, 6) is -3.12. The van der Waals surface area contributed by atoms with Crippen LogP contribution in [-0.2, 0) is 16.0 Å². The Morgan fingerprint density at radius 2 is 1.48 bits per heavy atom. The summed E-state index contributed by atoms with van der Waals surface area (Å²) in [5, 5.41) is 14.8. The third-order valence-corrected chi connectivity index (χ3v) is 5.18. The molecule has 2 N–H and O–H groups in total. The molecule has 0 bridgehead atoms. The summed E-state index contributed by atoms with van der Waals surface area (Å²) < 4.78 is 0. The first-order valence-corrected chi connectivity index (χ1v) is 9.98. The van der Waals surface area contributed by atoms with Crippen molar-refractivity contribution in [1.82, 2.24) is 4.90 Å². The molecule has 0 radical (unpaired) electrons. The number of nitrogens with zero attached hydrogens (tertiary/aromatic N) is 1. The highest BCUT2D eigenvalue weighted by molar-refractivity contribution is 6.27. The molecule has 0 saturated heterocycles. The molecule has 0 saturated carbocycles. The van der Waals surface area contributed by atoms with E-state index in [4.69, 9.17) is 19.8 Å². The second-order valence-corrected chi connectivity index (χ2v) is 6.96. The molecule has 0 spiro atoms. The Labute approximate surface area is 172 Å². The summed E-state index contributed by atoms with van der Waals surface area (Å²) in [6.45, 7) is 7.93. The van der Waals surface area contributed by atoms with E-state index >= 15 is 0 Å². The van der Waals surface area contributed by atoms with Gasteiger partial charge in [-0.05, 0) is 48.2 Å². The minimum absolute atomic E-state index is 0.528. The average molecular weight is 395 g/mol. The van der Waals surface area contributed by atoms with Crippen molar-refractivity contribution < 1.29 is 19.8 Å². The largest absolute Gasteiger partial charge is 0.473 e. The molecule has 1 unspecified atom stereocenters. The minimum atomic E-state index is -1.82. The van der Waals surface area contributed by atoms with Gasteiger partial charge in [0.1, 0.15) is 0 Å². The first kappa shape index (κ1) is 22.4. The van der Waals surface area contributed by atoms with Crippen molar-refractivity contribution >= 4 is 17.5 Å². The molecule has 29 heavy (non-hydrogen) atoms. The molecular weight excluding hydrogens is 366 g/mol. The van der Waals surface area contributed by atoms with Crippen LogP contribution < -0.4 is 0 Å². The zero-order valence-electron chi connectivity index (χ0n) is 17.0. The van der Waals surface area contributed by atoms with Crippen LogP contribution in [0.3, 0.4) is 0 Å². The van der Waals surface area contributed by atoms with Crippen molar-refractivity contribution in [1.29, 1.82) is 0 Å². The molecule has 1 aliphatic rings. The number of allylic oxidation sites excluding steroid dienone is 1. The second-order valence-electron chi connectivity index (χ2n) is 6.96. The van der Waals surface area contributed by atoms with Crippen LogP contribution in [0.15, 0.2) is 60.7 Å². The third kappa shape index (κ3) is 6.57. The van der Waals surface area contributed by atoms with Gasteiger partial charge in [-0.15, -0.1) is 0 Å². The van der Waals surface area contributed by atoms with E-state index in [1.807, 2.05) is 0 Å². The Balaban J connectivity index is 0.000000438. The number of hydrogen-bond acceptors (Lipinski definition) is 3. The number of carboxylic acid groups (broad SMARTS) is 2. The number of carboxylic acids is 2. The fourth-order valence-electron chi connectivity index (χ4n) is 3.61. The smallest absolute Gasteiger partial charge is 0.414 e. The highest BCUT2D eigenvalue weighted by Crippen LogP contribution is 2.39. The van der Waals surface area contributed by atoms with Crippen LogP contribution in [0.5, 0.6) is 0 Å². The lowest BCUT2D eigenvalue weighted by molar-refractivity contribution is -0.159. The van der Waals surface area contributed by atoms with Gasteiger partial charge in [-0.2, -0.15) is 0 Å². The standard InChI is InChI=1S/C22H27N.C2H2O4/c1-3-23(4-2)15-14-19-17-20(16-18-10-6-5-7-11-18)22-13-9-8-12-21(19)22;3-1(4)2(5)6/h5-13,17,20H,3-4,14-16H2,1-2H3;(H,3,4)(H,5,6). The van der Waals surface area contributed by atoms with Crippen LogP contribution >= 0.6 is 0 Å². The predicted molar refractivity (Wildman–Crippen MR) is 115 cm³/mol. The van der Waals surface area contributed by atoms with Crippen LogP contribution in [0.1, 0.15) is 42.9 Å². The molecular formula is C24H29NO4. The van der Waals surface area contributed by atoms with Crippen molar-refractivity contribution in [2.45, 2.75) is 32.6 Å². The topological polar surface area (TPSA) is 77.8 Å². The molecule has 154 valence electrons. The van der Waals surface area contributed by atoms with E-state index in [-0.39, 0.29) is 0 Å². The summed E-state index contributed by atoms with van der Waals surface area (Å²) in [6, 6.07) is 19.8. The molecule has 0 fully saturated rings. The van der Waals surface area contributed by atoms with Crippen molar-refractivity contribution in [3.05, 3.63) is 77.4 Å². The fourth-order valence-corrected chi connectivity index (χ4v) is 3.61. The molecule has 1 aliphatic carbocycles. The Morgan fingerprint density at radius 1 is 0.897 bits per heavy atom. The molecule has 0 aliphatic heterocycles. The highest BCUT2D eigenvalue weighted by atomic mass is 16.4. The maximum absolute atomic E-state index is 9.10. The van der Waals surface area contributed by atoms with Gasteiger partial charge in [0.05, 0.1) is 0 Å². The third-order valence-electron chi connectivity index (χ3n) is 5.18. The molecule has 0 heterocycles. The number of benzene rings is 2. The van der Waals surface area contributed by atoms with E-state index in [9.17, 15) is 0 Å². The Bertz CT molecular complexity index is 829. The first-order chi connectivity index (χ1) is 14.0. The minimum Gasteiger partial charge on any atom is -0.473 e. The number of fused-ring (bicyclic) bond motifs is 1. The average Bonchev–Trinajstić information content (AvgIpc) is 3.07. The number of aliphatic carboxylic acids is 2. The van der Waals surface area contributed by atoms with Crippen LogP contribution in [-0.4, -0.2) is 46.7 Å². The van der Waals surface area contributed by atoms with Crippen molar-refractivity contribution in [3.63, 3.8) is 0 Å². The molecule has 0 amide bonds. The van der Waals surface area contributed by atoms with E-state index in [2.05, 4.69) is 79.4 Å². The summed E-state index contributed by atoms with van der Waals surface area (Å²) in [7, 11) is 0. The van der Waals surface area contributed by atoms with Crippen LogP contribution in [0.25, 0.3) is 5.57 Å². The lowest BCUT2D eigenvalue weighted by Crippen LogP contribution is -2.24. The van der Waals surface area contributed by atoms with Gasteiger partial charge in [0, 0.05) is 12.5 Å².